The molecule has 0 saturated heterocycles. The minimum atomic E-state index is -1.61. The Labute approximate surface area is 153 Å². The summed E-state index contributed by atoms with van der Waals surface area (Å²) in [4.78, 5) is 0. The first-order valence-corrected chi connectivity index (χ1v) is 12.2. The van der Waals surface area contributed by atoms with E-state index in [9.17, 15) is 5.26 Å². The average Bonchev–Trinajstić information content (AvgIpc) is 2.58. The average molecular weight is 352 g/mol. The zero-order valence-corrected chi connectivity index (χ0v) is 16.8. The van der Waals surface area contributed by atoms with Crippen LogP contribution in [0.2, 0.25) is 19.1 Å². The quantitative estimate of drug-likeness (QED) is 0.553. The van der Waals surface area contributed by atoms with Gasteiger partial charge in [0.15, 0.2) is 8.32 Å². The number of hydrogen-bond acceptors (Lipinski definition) is 2. The van der Waals surface area contributed by atoms with Gasteiger partial charge in [-0.1, -0.05) is 68.4 Å². The summed E-state index contributed by atoms with van der Waals surface area (Å²) in [6, 6.07) is 22.1. The maximum atomic E-state index is 9.53. The molecule has 2 nitrogen and oxygen atoms in total. The fraction of sp³-hybridized carbons (Fsp3) is 0.409. The van der Waals surface area contributed by atoms with Crippen LogP contribution in [0, 0.1) is 17.2 Å². The maximum absolute atomic E-state index is 9.53. The molecule has 0 amide bonds. The summed E-state index contributed by atoms with van der Waals surface area (Å²) in [5.74, 6) is 0.569. The summed E-state index contributed by atoms with van der Waals surface area (Å²) in [6.45, 7) is 9.76. The SMILES string of the molecule is CC(C)C[Si](C)(C)OCc1cccc(CC(C#N)c2ccccc2)c1. The standard InChI is InChI=1S/C22H29NOSi/c1-18(2)17-25(3,4)24-16-20-10-8-9-19(13-20)14-22(15-23)21-11-6-5-7-12-21/h5-13,18,22H,14,16-17H2,1-4H3. The fourth-order valence-electron chi connectivity index (χ4n) is 3.33. The summed E-state index contributed by atoms with van der Waals surface area (Å²) in [7, 11) is -1.61. The van der Waals surface area contributed by atoms with E-state index in [1.54, 1.807) is 0 Å². The molecule has 0 spiro atoms. The lowest BCUT2D eigenvalue weighted by Crippen LogP contribution is -2.31. The van der Waals surface area contributed by atoms with Gasteiger partial charge in [0.1, 0.15) is 0 Å². The molecule has 0 fully saturated rings. The van der Waals surface area contributed by atoms with Gasteiger partial charge in [0.2, 0.25) is 0 Å². The van der Waals surface area contributed by atoms with Crippen LogP contribution >= 0.6 is 0 Å². The molecule has 0 N–H and O–H groups in total. The van der Waals surface area contributed by atoms with Gasteiger partial charge in [-0.05, 0) is 48.2 Å². The van der Waals surface area contributed by atoms with Crippen molar-refractivity contribution < 1.29 is 4.43 Å². The molecule has 2 aromatic rings. The normalized spacial score (nSPS) is 12.8. The van der Waals surface area contributed by atoms with Crippen molar-refractivity contribution in [1.82, 2.24) is 0 Å². The van der Waals surface area contributed by atoms with Crippen molar-refractivity contribution in [3.05, 3.63) is 71.3 Å². The Bertz CT molecular complexity index is 703. The first kappa shape index (κ1) is 19.4. The Morgan fingerprint density at radius 3 is 2.32 bits per heavy atom. The molecule has 0 radical (unpaired) electrons. The fourth-order valence-corrected chi connectivity index (χ4v) is 5.97. The molecule has 0 aliphatic heterocycles. The molecule has 0 aliphatic rings. The second kappa shape index (κ2) is 8.99. The van der Waals surface area contributed by atoms with Crippen LogP contribution in [0.3, 0.4) is 0 Å². The van der Waals surface area contributed by atoms with Crippen molar-refractivity contribution in [3.8, 4) is 6.07 Å². The van der Waals surface area contributed by atoms with Crippen LogP contribution in [-0.2, 0) is 17.5 Å². The molecule has 25 heavy (non-hydrogen) atoms. The Balaban J connectivity index is 2.02. The molecule has 0 bridgehead atoms. The zero-order valence-electron chi connectivity index (χ0n) is 15.8. The van der Waals surface area contributed by atoms with Crippen LogP contribution in [0.5, 0.6) is 0 Å². The lowest BCUT2D eigenvalue weighted by atomic mass is 9.93. The van der Waals surface area contributed by atoms with Crippen molar-refractivity contribution in [2.75, 3.05) is 0 Å². The van der Waals surface area contributed by atoms with Crippen molar-refractivity contribution in [3.63, 3.8) is 0 Å². The molecule has 132 valence electrons. The van der Waals surface area contributed by atoms with Gasteiger partial charge in [-0.15, -0.1) is 0 Å². The minimum Gasteiger partial charge on any atom is -0.413 e. The Morgan fingerprint density at radius 1 is 1.00 bits per heavy atom. The number of benzene rings is 2. The van der Waals surface area contributed by atoms with Crippen molar-refractivity contribution in [1.29, 1.82) is 5.26 Å². The molecule has 0 aromatic heterocycles. The van der Waals surface area contributed by atoms with Gasteiger partial charge in [0, 0.05) is 0 Å². The van der Waals surface area contributed by atoms with E-state index in [0.29, 0.717) is 12.5 Å². The first-order chi connectivity index (χ1) is 11.9. The van der Waals surface area contributed by atoms with Gasteiger partial charge >= 0.3 is 0 Å². The highest BCUT2D eigenvalue weighted by atomic mass is 28.4. The minimum absolute atomic E-state index is 0.107. The van der Waals surface area contributed by atoms with Gasteiger partial charge in [-0.3, -0.25) is 0 Å². The summed E-state index contributed by atoms with van der Waals surface area (Å²) >= 11 is 0. The smallest absolute Gasteiger partial charge is 0.187 e. The van der Waals surface area contributed by atoms with Crippen molar-refractivity contribution >= 4 is 8.32 Å². The lowest BCUT2D eigenvalue weighted by Gasteiger charge is -2.25. The highest BCUT2D eigenvalue weighted by Crippen LogP contribution is 2.22. The van der Waals surface area contributed by atoms with Crippen LogP contribution in [0.25, 0.3) is 0 Å². The van der Waals surface area contributed by atoms with Crippen LogP contribution < -0.4 is 0 Å². The monoisotopic (exact) mass is 351 g/mol. The maximum Gasteiger partial charge on any atom is 0.187 e. The van der Waals surface area contributed by atoms with E-state index >= 15 is 0 Å². The van der Waals surface area contributed by atoms with Gasteiger partial charge in [0.05, 0.1) is 18.6 Å². The Hall–Kier alpha value is -1.89. The highest BCUT2D eigenvalue weighted by Gasteiger charge is 2.23. The number of nitriles is 1. The molecular formula is C22H29NOSi. The number of rotatable bonds is 8. The summed E-state index contributed by atoms with van der Waals surface area (Å²) in [5, 5.41) is 9.53. The van der Waals surface area contributed by atoms with Crippen molar-refractivity contribution in [2.45, 2.75) is 51.9 Å². The van der Waals surface area contributed by atoms with Gasteiger partial charge < -0.3 is 4.43 Å². The Morgan fingerprint density at radius 2 is 1.68 bits per heavy atom. The summed E-state index contributed by atoms with van der Waals surface area (Å²) in [6.07, 6.45) is 0.737. The van der Waals surface area contributed by atoms with E-state index in [0.717, 1.165) is 12.0 Å². The topological polar surface area (TPSA) is 33.0 Å². The van der Waals surface area contributed by atoms with E-state index < -0.39 is 8.32 Å². The van der Waals surface area contributed by atoms with Gasteiger partial charge in [0.25, 0.3) is 0 Å². The van der Waals surface area contributed by atoms with E-state index in [-0.39, 0.29) is 5.92 Å². The largest absolute Gasteiger partial charge is 0.413 e. The predicted octanol–water partition coefficient (Wildman–Crippen LogP) is 5.91. The third-order valence-corrected chi connectivity index (χ3v) is 7.04. The second-order valence-electron chi connectivity index (χ2n) is 7.76. The molecule has 2 aromatic carbocycles. The first-order valence-electron chi connectivity index (χ1n) is 9.06. The van der Waals surface area contributed by atoms with Crippen molar-refractivity contribution in [2.24, 2.45) is 5.92 Å². The lowest BCUT2D eigenvalue weighted by molar-refractivity contribution is 0.291. The molecule has 0 aliphatic carbocycles. The molecular weight excluding hydrogens is 322 g/mol. The van der Waals surface area contributed by atoms with Crippen LogP contribution in [-0.4, -0.2) is 8.32 Å². The zero-order chi connectivity index (χ0) is 18.3. The molecule has 0 heterocycles. The predicted molar refractivity (Wildman–Crippen MR) is 107 cm³/mol. The molecule has 1 atom stereocenters. The van der Waals surface area contributed by atoms with E-state index in [2.05, 4.69) is 57.3 Å². The summed E-state index contributed by atoms with van der Waals surface area (Å²) < 4.78 is 6.27. The highest BCUT2D eigenvalue weighted by molar-refractivity contribution is 6.71. The molecule has 0 saturated carbocycles. The molecule has 2 rings (SSSR count). The third-order valence-electron chi connectivity index (χ3n) is 4.32. The van der Waals surface area contributed by atoms with E-state index in [4.69, 9.17) is 4.43 Å². The Kier molecular flexibility index (Phi) is 6.98. The van der Waals surface area contributed by atoms with Crippen LogP contribution in [0.15, 0.2) is 54.6 Å². The van der Waals surface area contributed by atoms with E-state index in [1.807, 2.05) is 30.3 Å². The summed E-state index contributed by atoms with van der Waals surface area (Å²) in [5.41, 5.74) is 3.48. The third kappa shape index (κ3) is 6.49. The molecule has 1 unspecified atom stereocenters. The van der Waals surface area contributed by atoms with Crippen LogP contribution in [0.4, 0.5) is 0 Å². The van der Waals surface area contributed by atoms with Gasteiger partial charge in [-0.25, -0.2) is 0 Å². The molecule has 3 heteroatoms. The van der Waals surface area contributed by atoms with Gasteiger partial charge in [-0.2, -0.15) is 5.26 Å². The van der Waals surface area contributed by atoms with Crippen LogP contribution in [0.1, 0.15) is 36.5 Å². The number of nitrogens with zero attached hydrogens (tertiary/aromatic N) is 1. The second-order valence-corrected chi connectivity index (χ2v) is 12.0. The number of hydrogen-bond donors (Lipinski definition) is 0. The van der Waals surface area contributed by atoms with E-state index in [1.165, 1.54) is 17.2 Å².